The fraction of sp³-hybridized carbons (Fsp3) is 0.682. The maximum Gasteiger partial charge on any atom is 0.189 e. The quantitative estimate of drug-likeness (QED) is 0.570. The first kappa shape index (κ1) is 21.2. The molecular weight excluding hydrogens is 414 g/mol. The molecule has 2 aliphatic heterocycles. The highest BCUT2D eigenvalue weighted by molar-refractivity contribution is 7.98. The second-order valence-corrected chi connectivity index (χ2v) is 10.3. The molecule has 9 heteroatoms. The van der Waals surface area contributed by atoms with E-state index in [1.165, 1.54) is 11.8 Å². The van der Waals surface area contributed by atoms with E-state index in [0.717, 1.165) is 59.4 Å². The lowest BCUT2D eigenvalue weighted by Crippen LogP contribution is -2.42. The Balaban J connectivity index is 1.65. The molecule has 2 aromatic rings. The van der Waals surface area contributed by atoms with Crippen molar-refractivity contribution in [2.75, 3.05) is 44.1 Å². The summed E-state index contributed by atoms with van der Waals surface area (Å²) in [6.07, 6.45) is 7.36. The van der Waals surface area contributed by atoms with Crippen molar-refractivity contribution < 1.29 is 14.6 Å². The Kier molecular flexibility index (Phi) is 5.28. The molecule has 0 saturated carbocycles. The fourth-order valence-electron chi connectivity index (χ4n) is 4.84. The van der Waals surface area contributed by atoms with Crippen LogP contribution in [0.15, 0.2) is 11.4 Å². The standard InChI is InChI=1S/C22H31N5O3S/c1-21(2)14-11-27(15-7-5-6-9-30-15)25-17(14)16-18(21)23-20(31-4)24-19(16)26-8-10-29-13-22(3,28)12-26/h11,15,28H,5-10,12-13H2,1-4H3/t15?,22-/m0/s1. The van der Waals surface area contributed by atoms with Gasteiger partial charge >= 0.3 is 0 Å². The third-order valence-electron chi connectivity index (χ3n) is 6.49. The summed E-state index contributed by atoms with van der Waals surface area (Å²) in [5, 5.41) is 16.5. The number of ether oxygens (including phenoxy) is 2. The maximum absolute atomic E-state index is 10.8. The van der Waals surface area contributed by atoms with Crippen molar-refractivity contribution in [1.29, 1.82) is 0 Å². The first-order valence-corrected chi connectivity index (χ1v) is 12.3. The molecule has 0 radical (unpaired) electrons. The zero-order valence-electron chi connectivity index (χ0n) is 18.7. The second kappa shape index (κ2) is 7.72. The van der Waals surface area contributed by atoms with Crippen LogP contribution in [0.2, 0.25) is 0 Å². The molecule has 2 aromatic heterocycles. The summed E-state index contributed by atoms with van der Waals surface area (Å²) in [5.74, 6) is 0.835. The molecule has 0 bridgehead atoms. The van der Waals surface area contributed by atoms with Crippen LogP contribution in [0.5, 0.6) is 0 Å². The van der Waals surface area contributed by atoms with Crippen LogP contribution in [0, 0.1) is 0 Å². The normalized spacial score (nSPS) is 27.6. The predicted octanol–water partition coefficient (Wildman–Crippen LogP) is 2.99. The highest BCUT2D eigenvalue weighted by atomic mass is 32.2. The Morgan fingerprint density at radius 2 is 2.03 bits per heavy atom. The average molecular weight is 446 g/mol. The molecule has 3 aliphatic rings. The van der Waals surface area contributed by atoms with Crippen LogP contribution in [0.3, 0.4) is 0 Å². The van der Waals surface area contributed by atoms with Gasteiger partial charge in [-0.15, -0.1) is 0 Å². The van der Waals surface area contributed by atoms with Gasteiger partial charge in [-0.3, -0.25) is 0 Å². The van der Waals surface area contributed by atoms with E-state index in [2.05, 4.69) is 24.9 Å². The lowest BCUT2D eigenvalue weighted by atomic mass is 9.87. The minimum absolute atomic E-state index is 0.0132. The Bertz CT molecular complexity index is 984. The molecule has 1 N–H and O–H groups in total. The van der Waals surface area contributed by atoms with E-state index < -0.39 is 5.60 Å². The van der Waals surface area contributed by atoms with Crippen molar-refractivity contribution in [3.8, 4) is 11.3 Å². The van der Waals surface area contributed by atoms with Crippen LogP contribution in [0.25, 0.3) is 11.3 Å². The number of hydrogen-bond donors (Lipinski definition) is 1. The first-order valence-electron chi connectivity index (χ1n) is 11.0. The van der Waals surface area contributed by atoms with Crippen molar-refractivity contribution in [3.05, 3.63) is 17.5 Å². The van der Waals surface area contributed by atoms with E-state index in [1.807, 2.05) is 17.9 Å². The largest absolute Gasteiger partial charge is 0.386 e. The van der Waals surface area contributed by atoms with Gasteiger partial charge in [0, 0.05) is 30.3 Å². The molecule has 31 heavy (non-hydrogen) atoms. The summed E-state index contributed by atoms with van der Waals surface area (Å²) < 4.78 is 13.6. The zero-order chi connectivity index (χ0) is 21.8. The van der Waals surface area contributed by atoms with E-state index in [9.17, 15) is 5.11 Å². The molecule has 0 amide bonds. The SMILES string of the molecule is CSc1nc(N2CCOC[C@@](C)(O)C2)c2c(n1)C(C)(C)c1cn(C3CCCCO3)nc1-2. The third-order valence-corrected chi connectivity index (χ3v) is 7.03. The number of nitrogens with zero attached hydrogens (tertiary/aromatic N) is 5. The summed E-state index contributed by atoms with van der Waals surface area (Å²) in [6.45, 7) is 8.97. The number of fused-ring (bicyclic) bond motifs is 3. The number of β-amino-alcohol motifs (C(OH)–C–C–N with tert-alkyl or cyclic N) is 1. The highest BCUT2D eigenvalue weighted by Gasteiger charge is 2.44. The van der Waals surface area contributed by atoms with Gasteiger partial charge < -0.3 is 19.5 Å². The average Bonchev–Trinajstić information content (AvgIpc) is 3.22. The van der Waals surface area contributed by atoms with Crippen LogP contribution >= 0.6 is 11.8 Å². The fourth-order valence-corrected chi connectivity index (χ4v) is 5.20. The van der Waals surface area contributed by atoms with E-state index >= 15 is 0 Å². The molecule has 2 atom stereocenters. The van der Waals surface area contributed by atoms with Gasteiger partial charge in [0.25, 0.3) is 0 Å². The van der Waals surface area contributed by atoms with E-state index in [4.69, 9.17) is 24.5 Å². The van der Waals surface area contributed by atoms with E-state index in [1.54, 1.807) is 0 Å². The third kappa shape index (κ3) is 3.65. The van der Waals surface area contributed by atoms with Gasteiger partial charge in [-0.2, -0.15) is 5.10 Å². The van der Waals surface area contributed by atoms with Gasteiger partial charge in [0.1, 0.15) is 23.3 Å². The topological polar surface area (TPSA) is 85.5 Å². The lowest BCUT2D eigenvalue weighted by molar-refractivity contribution is -0.0394. The molecule has 1 unspecified atom stereocenters. The number of thioether (sulfide) groups is 1. The van der Waals surface area contributed by atoms with Crippen LogP contribution in [-0.4, -0.2) is 69.6 Å². The molecule has 4 heterocycles. The van der Waals surface area contributed by atoms with Crippen LogP contribution in [0.1, 0.15) is 57.5 Å². The van der Waals surface area contributed by atoms with Crippen molar-refractivity contribution >= 4 is 17.6 Å². The summed E-state index contributed by atoms with van der Waals surface area (Å²) in [7, 11) is 0. The van der Waals surface area contributed by atoms with Crippen molar-refractivity contribution in [3.63, 3.8) is 0 Å². The molecular formula is C22H31N5O3S. The summed E-state index contributed by atoms with van der Waals surface area (Å²) >= 11 is 1.54. The summed E-state index contributed by atoms with van der Waals surface area (Å²) in [6, 6.07) is 0. The van der Waals surface area contributed by atoms with Crippen molar-refractivity contribution in [2.45, 2.75) is 62.4 Å². The van der Waals surface area contributed by atoms with Crippen molar-refractivity contribution in [1.82, 2.24) is 19.7 Å². The van der Waals surface area contributed by atoms with Gasteiger partial charge in [-0.25, -0.2) is 14.6 Å². The molecule has 2 saturated heterocycles. The molecule has 0 spiro atoms. The zero-order valence-corrected chi connectivity index (χ0v) is 19.5. The van der Waals surface area contributed by atoms with Crippen LogP contribution < -0.4 is 4.90 Å². The number of hydrogen-bond acceptors (Lipinski definition) is 8. The number of aliphatic hydroxyl groups is 1. The van der Waals surface area contributed by atoms with Gasteiger partial charge in [0.2, 0.25) is 0 Å². The molecule has 0 aromatic carbocycles. The Morgan fingerprint density at radius 1 is 1.19 bits per heavy atom. The first-order chi connectivity index (χ1) is 14.8. The Hall–Kier alpha value is -1.68. The number of aromatic nitrogens is 4. The predicted molar refractivity (Wildman–Crippen MR) is 120 cm³/mol. The van der Waals surface area contributed by atoms with Crippen LogP contribution in [0.4, 0.5) is 5.82 Å². The van der Waals surface area contributed by atoms with Gasteiger partial charge in [-0.1, -0.05) is 11.8 Å². The molecule has 168 valence electrons. The molecule has 1 aliphatic carbocycles. The highest BCUT2D eigenvalue weighted by Crippen LogP contribution is 2.51. The number of anilines is 1. The second-order valence-electron chi connectivity index (χ2n) is 9.55. The van der Waals surface area contributed by atoms with E-state index in [0.29, 0.717) is 26.3 Å². The molecule has 8 nitrogen and oxygen atoms in total. The van der Waals surface area contributed by atoms with Gasteiger partial charge in [-0.05, 0) is 46.3 Å². The summed E-state index contributed by atoms with van der Waals surface area (Å²) in [5.41, 5.74) is 2.83. The smallest absolute Gasteiger partial charge is 0.189 e. The molecule has 2 fully saturated rings. The minimum Gasteiger partial charge on any atom is -0.386 e. The van der Waals surface area contributed by atoms with E-state index in [-0.39, 0.29) is 11.6 Å². The Morgan fingerprint density at radius 3 is 2.77 bits per heavy atom. The van der Waals surface area contributed by atoms with Gasteiger partial charge in [0.15, 0.2) is 5.16 Å². The summed E-state index contributed by atoms with van der Waals surface area (Å²) in [4.78, 5) is 12.0. The molecule has 5 rings (SSSR count). The van der Waals surface area contributed by atoms with Crippen LogP contribution in [-0.2, 0) is 14.9 Å². The number of rotatable bonds is 3. The maximum atomic E-state index is 10.8. The monoisotopic (exact) mass is 445 g/mol. The van der Waals surface area contributed by atoms with Crippen molar-refractivity contribution in [2.24, 2.45) is 0 Å². The minimum atomic E-state index is -0.944. The lowest BCUT2D eigenvalue weighted by Gasteiger charge is -2.30. The van der Waals surface area contributed by atoms with Gasteiger partial charge in [0.05, 0.1) is 31.0 Å². The Labute approximate surface area is 187 Å².